The zero-order valence-electron chi connectivity index (χ0n) is 11.1. The van der Waals surface area contributed by atoms with Crippen molar-refractivity contribution in [2.45, 2.75) is 37.1 Å². The van der Waals surface area contributed by atoms with Crippen LogP contribution in [-0.4, -0.2) is 21.0 Å². The Hall–Kier alpha value is -1.33. The molecule has 0 amide bonds. The summed E-state index contributed by atoms with van der Waals surface area (Å²) < 4.78 is 27.0. The first-order valence-corrected chi connectivity index (χ1v) is 8.12. The summed E-state index contributed by atoms with van der Waals surface area (Å²) in [6, 6.07) is 7.35. The fourth-order valence-corrected chi connectivity index (χ4v) is 3.39. The van der Waals surface area contributed by atoms with Gasteiger partial charge in [0.15, 0.2) is 0 Å². The zero-order valence-corrected chi connectivity index (χ0v) is 11.9. The molecule has 5 heteroatoms. The third-order valence-corrected chi connectivity index (χ3v) is 4.61. The minimum atomic E-state index is -3.43. The Morgan fingerprint density at radius 1 is 1.21 bits per heavy atom. The molecule has 0 spiro atoms. The summed E-state index contributed by atoms with van der Waals surface area (Å²) in [7, 11) is -3.43. The molecule has 1 aromatic carbocycles. The molecule has 0 atom stereocenters. The molecule has 0 aromatic heterocycles. The van der Waals surface area contributed by atoms with E-state index < -0.39 is 10.0 Å². The van der Waals surface area contributed by atoms with Gasteiger partial charge in [0.25, 0.3) is 0 Å². The van der Waals surface area contributed by atoms with Gasteiger partial charge in [0.1, 0.15) is 4.90 Å². The standard InChI is InChI=1S/C14H20N2O2S/c1-2-11-15-19(17,18)14-10-6-5-9-13(14)16-12-7-3-4-8-12/h3-6,9-10,12,15-16H,2,7-8,11H2,1H3. The Bertz CT molecular complexity index is 544. The maximum Gasteiger partial charge on any atom is 0.242 e. The minimum Gasteiger partial charge on any atom is -0.381 e. The lowest BCUT2D eigenvalue weighted by Crippen LogP contribution is -2.26. The highest BCUT2D eigenvalue weighted by Gasteiger charge is 2.19. The minimum absolute atomic E-state index is 0.294. The number of anilines is 1. The quantitative estimate of drug-likeness (QED) is 0.787. The van der Waals surface area contributed by atoms with E-state index in [0.717, 1.165) is 19.3 Å². The fourth-order valence-electron chi connectivity index (χ4n) is 2.09. The van der Waals surface area contributed by atoms with Crippen LogP contribution in [0.5, 0.6) is 0 Å². The number of hydrogen-bond donors (Lipinski definition) is 2. The maximum atomic E-state index is 12.2. The van der Waals surface area contributed by atoms with E-state index in [-0.39, 0.29) is 0 Å². The Labute approximate surface area is 115 Å². The second-order valence-electron chi connectivity index (χ2n) is 4.68. The van der Waals surface area contributed by atoms with Crippen molar-refractivity contribution in [1.29, 1.82) is 0 Å². The molecule has 2 N–H and O–H groups in total. The Morgan fingerprint density at radius 3 is 2.58 bits per heavy atom. The highest BCUT2D eigenvalue weighted by atomic mass is 32.2. The van der Waals surface area contributed by atoms with Crippen molar-refractivity contribution in [3.05, 3.63) is 36.4 Å². The van der Waals surface area contributed by atoms with Gasteiger partial charge in [-0.05, 0) is 31.4 Å². The van der Waals surface area contributed by atoms with Gasteiger partial charge < -0.3 is 5.32 Å². The first kappa shape index (κ1) is 14.1. The fraction of sp³-hybridized carbons (Fsp3) is 0.429. The molecular formula is C14H20N2O2S. The molecule has 0 fully saturated rings. The van der Waals surface area contributed by atoms with Crippen LogP contribution in [-0.2, 0) is 10.0 Å². The van der Waals surface area contributed by atoms with Crippen LogP contribution in [0.15, 0.2) is 41.3 Å². The van der Waals surface area contributed by atoms with E-state index in [4.69, 9.17) is 0 Å². The van der Waals surface area contributed by atoms with Gasteiger partial charge in [-0.25, -0.2) is 13.1 Å². The van der Waals surface area contributed by atoms with Gasteiger partial charge in [-0.15, -0.1) is 0 Å². The molecule has 0 radical (unpaired) electrons. The molecule has 0 bridgehead atoms. The number of para-hydroxylation sites is 1. The van der Waals surface area contributed by atoms with Crippen LogP contribution in [0.3, 0.4) is 0 Å². The Balaban J connectivity index is 2.20. The molecule has 2 rings (SSSR count). The van der Waals surface area contributed by atoms with Crippen molar-refractivity contribution in [2.75, 3.05) is 11.9 Å². The summed E-state index contributed by atoms with van der Waals surface area (Å²) in [5, 5.41) is 3.31. The summed E-state index contributed by atoms with van der Waals surface area (Å²) in [6.45, 7) is 2.40. The zero-order chi connectivity index (χ0) is 13.7. The third kappa shape index (κ3) is 3.58. The molecule has 0 saturated carbocycles. The van der Waals surface area contributed by atoms with E-state index in [2.05, 4.69) is 22.2 Å². The average molecular weight is 280 g/mol. The number of benzene rings is 1. The molecular weight excluding hydrogens is 260 g/mol. The topological polar surface area (TPSA) is 58.2 Å². The van der Waals surface area contributed by atoms with Gasteiger partial charge >= 0.3 is 0 Å². The highest BCUT2D eigenvalue weighted by Crippen LogP contribution is 2.24. The molecule has 1 aliphatic rings. The first-order chi connectivity index (χ1) is 9.13. The summed E-state index contributed by atoms with van der Waals surface area (Å²) >= 11 is 0. The van der Waals surface area contributed by atoms with Crippen LogP contribution in [0.2, 0.25) is 0 Å². The van der Waals surface area contributed by atoms with E-state index in [0.29, 0.717) is 23.2 Å². The lowest BCUT2D eigenvalue weighted by atomic mass is 10.2. The van der Waals surface area contributed by atoms with Crippen molar-refractivity contribution < 1.29 is 8.42 Å². The van der Waals surface area contributed by atoms with Crippen molar-refractivity contribution in [2.24, 2.45) is 0 Å². The molecule has 0 aliphatic heterocycles. The SMILES string of the molecule is CCCNS(=O)(=O)c1ccccc1NC1CC=CC1. The molecule has 1 aromatic rings. The summed E-state index contributed by atoms with van der Waals surface area (Å²) in [6.07, 6.45) is 6.89. The predicted octanol–water partition coefficient (Wildman–Crippen LogP) is 2.51. The van der Waals surface area contributed by atoms with E-state index in [1.54, 1.807) is 12.1 Å². The van der Waals surface area contributed by atoms with Crippen LogP contribution in [0.25, 0.3) is 0 Å². The van der Waals surface area contributed by atoms with Crippen LogP contribution >= 0.6 is 0 Å². The van der Waals surface area contributed by atoms with Gasteiger partial charge in [-0.2, -0.15) is 0 Å². The van der Waals surface area contributed by atoms with Gasteiger partial charge in [0.2, 0.25) is 10.0 Å². The van der Waals surface area contributed by atoms with Gasteiger partial charge in [-0.3, -0.25) is 0 Å². The molecule has 0 saturated heterocycles. The molecule has 0 heterocycles. The molecule has 0 unspecified atom stereocenters. The molecule has 1 aliphatic carbocycles. The first-order valence-electron chi connectivity index (χ1n) is 6.63. The Kier molecular flexibility index (Phi) is 4.61. The largest absolute Gasteiger partial charge is 0.381 e. The van der Waals surface area contributed by atoms with Crippen LogP contribution < -0.4 is 10.0 Å². The van der Waals surface area contributed by atoms with Crippen LogP contribution in [0, 0.1) is 0 Å². The maximum absolute atomic E-state index is 12.2. The lowest BCUT2D eigenvalue weighted by molar-refractivity contribution is 0.581. The average Bonchev–Trinajstić information content (AvgIpc) is 2.90. The second-order valence-corrected chi connectivity index (χ2v) is 6.41. The normalized spacial score (nSPS) is 15.8. The second kappa shape index (κ2) is 6.21. The lowest BCUT2D eigenvalue weighted by Gasteiger charge is -2.17. The summed E-state index contributed by atoms with van der Waals surface area (Å²) in [4.78, 5) is 0.329. The number of nitrogens with one attached hydrogen (secondary N) is 2. The molecule has 104 valence electrons. The van der Waals surface area contributed by atoms with Crippen LogP contribution in [0.1, 0.15) is 26.2 Å². The summed E-state index contributed by atoms with van der Waals surface area (Å²) in [5.41, 5.74) is 0.680. The monoisotopic (exact) mass is 280 g/mol. The van der Waals surface area contributed by atoms with E-state index in [9.17, 15) is 8.42 Å². The van der Waals surface area contributed by atoms with Crippen molar-refractivity contribution in [3.8, 4) is 0 Å². The molecule has 4 nitrogen and oxygen atoms in total. The van der Waals surface area contributed by atoms with Gasteiger partial charge in [0.05, 0.1) is 5.69 Å². The smallest absolute Gasteiger partial charge is 0.242 e. The number of sulfonamides is 1. The highest BCUT2D eigenvalue weighted by molar-refractivity contribution is 7.89. The van der Waals surface area contributed by atoms with Gasteiger partial charge in [0, 0.05) is 12.6 Å². The van der Waals surface area contributed by atoms with Crippen molar-refractivity contribution >= 4 is 15.7 Å². The van der Waals surface area contributed by atoms with Gasteiger partial charge in [-0.1, -0.05) is 31.2 Å². The van der Waals surface area contributed by atoms with Crippen molar-refractivity contribution in [3.63, 3.8) is 0 Å². The molecule has 19 heavy (non-hydrogen) atoms. The van der Waals surface area contributed by atoms with E-state index in [1.807, 2.05) is 19.1 Å². The Morgan fingerprint density at radius 2 is 1.89 bits per heavy atom. The van der Waals surface area contributed by atoms with E-state index >= 15 is 0 Å². The van der Waals surface area contributed by atoms with Crippen molar-refractivity contribution in [1.82, 2.24) is 4.72 Å². The summed E-state index contributed by atoms with van der Waals surface area (Å²) in [5.74, 6) is 0. The van der Waals surface area contributed by atoms with Crippen LogP contribution in [0.4, 0.5) is 5.69 Å². The third-order valence-electron chi connectivity index (χ3n) is 3.09. The predicted molar refractivity (Wildman–Crippen MR) is 77.7 cm³/mol. The van der Waals surface area contributed by atoms with E-state index in [1.165, 1.54) is 0 Å². The number of rotatable bonds is 6. The number of hydrogen-bond acceptors (Lipinski definition) is 3.